The van der Waals surface area contributed by atoms with Crippen molar-refractivity contribution in [1.29, 1.82) is 0 Å². The van der Waals surface area contributed by atoms with E-state index < -0.39 is 5.60 Å². The van der Waals surface area contributed by atoms with Crippen LogP contribution >= 0.6 is 11.3 Å². The number of carbonyl (C=O) groups is 1. The number of rotatable bonds is 4. The van der Waals surface area contributed by atoms with Gasteiger partial charge < -0.3 is 9.64 Å². The number of ether oxygens (including phenoxy) is 1. The zero-order valence-electron chi connectivity index (χ0n) is 14.9. The molecule has 0 N–H and O–H groups in total. The van der Waals surface area contributed by atoms with Gasteiger partial charge in [-0.1, -0.05) is 0 Å². The molecule has 0 aliphatic carbocycles. The van der Waals surface area contributed by atoms with Crippen LogP contribution in [0.3, 0.4) is 0 Å². The van der Waals surface area contributed by atoms with Gasteiger partial charge in [0.1, 0.15) is 10.6 Å². The first-order valence-electron chi connectivity index (χ1n) is 8.37. The Bertz CT molecular complexity index is 498. The van der Waals surface area contributed by atoms with Gasteiger partial charge in [0, 0.05) is 30.7 Å². The van der Waals surface area contributed by atoms with Crippen molar-refractivity contribution in [2.45, 2.75) is 64.6 Å². The highest BCUT2D eigenvalue weighted by Gasteiger charge is 2.32. The highest BCUT2D eigenvalue weighted by atomic mass is 32.1. The van der Waals surface area contributed by atoms with E-state index in [9.17, 15) is 4.79 Å². The minimum Gasteiger partial charge on any atom is -0.444 e. The van der Waals surface area contributed by atoms with E-state index in [1.165, 1.54) is 6.42 Å². The van der Waals surface area contributed by atoms with E-state index in [1.807, 2.05) is 37.2 Å². The summed E-state index contributed by atoms with van der Waals surface area (Å²) in [5, 5.41) is 3.12. The maximum atomic E-state index is 12.5. The number of hydrogen-bond acceptors (Lipinski definition) is 5. The molecule has 1 aromatic rings. The Hall–Kier alpha value is -1.14. The fourth-order valence-electron chi connectivity index (χ4n) is 2.87. The van der Waals surface area contributed by atoms with Gasteiger partial charge in [-0.2, -0.15) is 0 Å². The summed E-state index contributed by atoms with van der Waals surface area (Å²) in [6, 6.07) is 0.475. The Morgan fingerprint density at radius 2 is 2.26 bits per heavy atom. The summed E-state index contributed by atoms with van der Waals surface area (Å²) in [6.07, 6.45) is 4.93. The largest absolute Gasteiger partial charge is 0.444 e. The molecule has 0 radical (unpaired) electrons. The lowest BCUT2D eigenvalue weighted by molar-refractivity contribution is 0.00465. The molecular weight excluding hydrogens is 310 g/mol. The van der Waals surface area contributed by atoms with Crippen LogP contribution in [0.5, 0.6) is 0 Å². The average Bonchev–Trinajstić information content (AvgIpc) is 2.99. The molecule has 1 aromatic heterocycles. The molecule has 23 heavy (non-hydrogen) atoms. The summed E-state index contributed by atoms with van der Waals surface area (Å²) in [5.74, 6) is 0. The molecule has 0 saturated carbocycles. The summed E-state index contributed by atoms with van der Waals surface area (Å²) in [4.78, 5) is 21.1. The normalized spacial score (nSPS) is 20.6. The lowest BCUT2D eigenvalue weighted by Crippen LogP contribution is -2.50. The fraction of sp³-hybridized carbons (Fsp3) is 0.765. The van der Waals surface area contributed by atoms with Crippen molar-refractivity contribution in [2.24, 2.45) is 0 Å². The molecule has 0 bridgehead atoms. The van der Waals surface area contributed by atoms with Crippen LogP contribution in [0.15, 0.2) is 11.6 Å². The first-order chi connectivity index (χ1) is 10.8. The van der Waals surface area contributed by atoms with Gasteiger partial charge in [-0.15, -0.1) is 11.3 Å². The van der Waals surface area contributed by atoms with E-state index in [0.717, 1.165) is 30.9 Å². The second-order valence-electron chi connectivity index (χ2n) is 7.31. The van der Waals surface area contributed by atoms with Crippen LogP contribution in [0.1, 0.15) is 58.0 Å². The molecule has 2 atom stereocenters. The first-order valence-corrected chi connectivity index (χ1v) is 9.25. The maximum Gasteiger partial charge on any atom is 0.410 e. The highest BCUT2D eigenvalue weighted by Crippen LogP contribution is 2.25. The number of aromatic nitrogens is 1. The van der Waals surface area contributed by atoms with E-state index in [0.29, 0.717) is 0 Å². The van der Waals surface area contributed by atoms with Crippen molar-refractivity contribution in [1.82, 2.24) is 14.8 Å². The Labute approximate surface area is 143 Å². The van der Waals surface area contributed by atoms with Crippen LogP contribution < -0.4 is 0 Å². The number of thiazole rings is 1. The van der Waals surface area contributed by atoms with Crippen LogP contribution in [-0.4, -0.2) is 52.7 Å². The van der Waals surface area contributed by atoms with Gasteiger partial charge >= 0.3 is 6.09 Å². The summed E-state index contributed by atoms with van der Waals surface area (Å²) in [5.41, 5.74) is -0.445. The van der Waals surface area contributed by atoms with Crippen molar-refractivity contribution in [3.05, 3.63) is 16.6 Å². The van der Waals surface area contributed by atoms with E-state index in [-0.39, 0.29) is 18.2 Å². The minimum atomic E-state index is -0.445. The summed E-state index contributed by atoms with van der Waals surface area (Å²) in [7, 11) is 2.11. The molecule has 1 amide bonds. The molecule has 1 saturated heterocycles. The van der Waals surface area contributed by atoms with Crippen LogP contribution in [0.25, 0.3) is 0 Å². The van der Waals surface area contributed by atoms with E-state index in [2.05, 4.69) is 23.9 Å². The fourth-order valence-corrected chi connectivity index (χ4v) is 3.63. The molecule has 6 heteroatoms. The van der Waals surface area contributed by atoms with Gasteiger partial charge in [-0.3, -0.25) is 4.90 Å². The number of nitrogens with zero attached hydrogens (tertiary/aromatic N) is 3. The monoisotopic (exact) mass is 339 g/mol. The second-order valence-corrected chi connectivity index (χ2v) is 8.24. The van der Waals surface area contributed by atoms with Gasteiger partial charge in [-0.25, -0.2) is 9.78 Å². The third-order valence-corrected chi connectivity index (χ3v) is 5.17. The minimum absolute atomic E-state index is 0.183. The van der Waals surface area contributed by atoms with Gasteiger partial charge in [-0.05, 0) is 54.0 Å². The molecule has 0 aromatic carbocycles. The SMILES string of the molecule is CC(c1nccs1)N(C)CC1CCCCN1C(=O)OC(C)(C)C. The van der Waals surface area contributed by atoms with Gasteiger partial charge in [0.05, 0.1) is 6.04 Å². The van der Waals surface area contributed by atoms with E-state index in [4.69, 9.17) is 4.74 Å². The third-order valence-electron chi connectivity index (χ3n) is 4.22. The lowest BCUT2D eigenvalue weighted by Gasteiger charge is -2.39. The van der Waals surface area contributed by atoms with Crippen LogP contribution in [0.4, 0.5) is 4.79 Å². The van der Waals surface area contributed by atoms with Crippen molar-refractivity contribution < 1.29 is 9.53 Å². The number of likely N-dealkylation sites (tertiary alicyclic amines) is 1. The number of piperidine rings is 1. The molecule has 1 aliphatic rings. The van der Waals surface area contributed by atoms with E-state index >= 15 is 0 Å². The first kappa shape index (κ1) is 18.2. The van der Waals surface area contributed by atoms with Gasteiger partial charge in [0.2, 0.25) is 0 Å². The van der Waals surface area contributed by atoms with Gasteiger partial charge in [0.15, 0.2) is 0 Å². The zero-order valence-corrected chi connectivity index (χ0v) is 15.7. The number of amides is 1. The Morgan fingerprint density at radius 1 is 1.52 bits per heavy atom. The predicted molar refractivity (Wildman–Crippen MR) is 93.7 cm³/mol. The van der Waals surface area contributed by atoms with Crippen molar-refractivity contribution in [3.8, 4) is 0 Å². The van der Waals surface area contributed by atoms with Crippen molar-refractivity contribution >= 4 is 17.4 Å². The highest BCUT2D eigenvalue weighted by molar-refractivity contribution is 7.09. The van der Waals surface area contributed by atoms with Crippen LogP contribution in [0, 0.1) is 0 Å². The molecular formula is C17H29N3O2S. The maximum absolute atomic E-state index is 12.5. The Kier molecular flexibility index (Phi) is 6.03. The molecule has 1 fully saturated rings. The van der Waals surface area contributed by atoms with Crippen LogP contribution in [-0.2, 0) is 4.74 Å². The standard InChI is InChI=1S/C17H29N3O2S/c1-13(15-18-9-11-23-15)19(5)12-14-8-6-7-10-20(14)16(21)22-17(2,3)4/h9,11,13-14H,6-8,10,12H2,1-5H3. The van der Waals surface area contributed by atoms with E-state index in [1.54, 1.807) is 11.3 Å². The molecule has 130 valence electrons. The number of likely N-dealkylation sites (N-methyl/N-ethyl adjacent to an activating group) is 1. The van der Waals surface area contributed by atoms with Crippen molar-refractivity contribution in [3.63, 3.8) is 0 Å². The smallest absolute Gasteiger partial charge is 0.410 e. The quantitative estimate of drug-likeness (QED) is 0.834. The Balaban J connectivity index is 1.99. The summed E-state index contributed by atoms with van der Waals surface area (Å²) >= 11 is 1.68. The summed E-state index contributed by atoms with van der Waals surface area (Å²) < 4.78 is 5.58. The predicted octanol–water partition coefficient (Wildman–Crippen LogP) is 3.93. The molecule has 5 nitrogen and oxygen atoms in total. The molecule has 2 unspecified atom stereocenters. The number of hydrogen-bond donors (Lipinski definition) is 0. The molecule has 2 heterocycles. The van der Waals surface area contributed by atoms with Gasteiger partial charge in [0.25, 0.3) is 0 Å². The second kappa shape index (κ2) is 7.62. The van der Waals surface area contributed by atoms with Crippen molar-refractivity contribution in [2.75, 3.05) is 20.1 Å². The summed E-state index contributed by atoms with van der Waals surface area (Å²) in [6.45, 7) is 9.56. The molecule has 1 aliphatic heterocycles. The van der Waals surface area contributed by atoms with Crippen LogP contribution in [0.2, 0.25) is 0 Å². The zero-order chi connectivity index (χ0) is 17.0. The number of carbonyl (C=O) groups excluding carboxylic acids is 1. The third kappa shape index (κ3) is 5.18. The average molecular weight is 340 g/mol. The Morgan fingerprint density at radius 3 is 2.87 bits per heavy atom. The molecule has 0 spiro atoms. The lowest BCUT2D eigenvalue weighted by atomic mass is 10.0. The topological polar surface area (TPSA) is 45.7 Å². The molecule has 2 rings (SSSR count).